The minimum atomic E-state index is -0.0565. The van der Waals surface area contributed by atoms with Crippen molar-refractivity contribution in [2.45, 2.75) is 37.5 Å². The molecule has 1 aliphatic carbocycles. The van der Waals surface area contributed by atoms with Crippen LogP contribution >= 0.6 is 23.1 Å². The number of hydrogen-bond donors (Lipinski definition) is 1. The van der Waals surface area contributed by atoms with Crippen LogP contribution in [0.15, 0.2) is 22.4 Å². The van der Waals surface area contributed by atoms with E-state index in [2.05, 4.69) is 10.3 Å². The SMILES string of the molecule is O=C(CSCc1cc(=O)n2ccsc2n1)N1CCC(NCC2CC2)CC1. The summed E-state index contributed by atoms with van der Waals surface area (Å²) in [6.45, 7) is 2.85. The Bertz CT molecular complexity index is 822. The molecule has 1 saturated heterocycles. The summed E-state index contributed by atoms with van der Waals surface area (Å²) in [7, 11) is 0. The molecule has 1 aliphatic heterocycles. The first-order valence-corrected chi connectivity index (χ1v) is 11.3. The van der Waals surface area contributed by atoms with Crippen LogP contribution in [0.2, 0.25) is 0 Å². The molecule has 2 aromatic heterocycles. The van der Waals surface area contributed by atoms with Gasteiger partial charge in [-0.2, -0.15) is 0 Å². The molecule has 26 heavy (non-hydrogen) atoms. The van der Waals surface area contributed by atoms with E-state index in [1.54, 1.807) is 16.7 Å². The Hall–Kier alpha value is -1.38. The molecule has 2 aromatic rings. The molecule has 0 spiro atoms. The summed E-state index contributed by atoms with van der Waals surface area (Å²) < 4.78 is 1.55. The lowest BCUT2D eigenvalue weighted by Crippen LogP contribution is -2.45. The van der Waals surface area contributed by atoms with E-state index in [-0.39, 0.29) is 11.5 Å². The second kappa shape index (κ2) is 8.10. The molecule has 1 saturated carbocycles. The highest BCUT2D eigenvalue weighted by Crippen LogP contribution is 2.28. The average molecular weight is 393 g/mol. The number of nitrogens with zero attached hydrogens (tertiary/aromatic N) is 3. The van der Waals surface area contributed by atoms with Gasteiger partial charge in [0.2, 0.25) is 5.91 Å². The second-order valence-corrected chi connectivity index (χ2v) is 9.00. The van der Waals surface area contributed by atoms with Crippen LogP contribution in [0.5, 0.6) is 0 Å². The molecule has 0 radical (unpaired) electrons. The van der Waals surface area contributed by atoms with E-state index in [0.29, 0.717) is 22.5 Å². The number of carbonyl (C=O) groups excluding carboxylic acids is 1. The number of amides is 1. The van der Waals surface area contributed by atoms with Crippen molar-refractivity contribution < 1.29 is 4.79 Å². The molecule has 140 valence electrons. The van der Waals surface area contributed by atoms with Crippen molar-refractivity contribution in [3.05, 3.63) is 33.7 Å². The number of likely N-dealkylation sites (tertiary alicyclic amines) is 1. The van der Waals surface area contributed by atoms with E-state index < -0.39 is 0 Å². The largest absolute Gasteiger partial charge is 0.342 e. The maximum Gasteiger partial charge on any atom is 0.258 e. The summed E-state index contributed by atoms with van der Waals surface area (Å²) in [5.74, 6) is 2.14. The first-order valence-electron chi connectivity index (χ1n) is 9.24. The first-order chi connectivity index (χ1) is 12.7. The monoisotopic (exact) mass is 392 g/mol. The fourth-order valence-corrected chi connectivity index (χ4v) is 4.84. The van der Waals surface area contributed by atoms with Crippen LogP contribution in [0.3, 0.4) is 0 Å². The van der Waals surface area contributed by atoms with Gasteiger partial charge in [-0.25, -0.2) is 4.98 Å². The van der Waals surface area contributed by atoms with Crippen LogP contribution in [-0.4, -0.2) is 51.6 Å². The number of aromatic nitrogens is 2. The summed E-state index contributed by atoms with van der Waals surface area (Å²) >= 11 is 2.99. The Balaban J connectivity index is 1.20. The fourth-order valence-electron chi connectivity index (χ4n) is 3.28. The zero-order chi connectivity index (χ0) is 17.9. The van der Waals surface area contributed by atoms with E-state index in [1.165, 1.54) is 35.9 Å². The topological polar surface area (TPSA) is 66.7 Å². The number of nitrogens with one attached hydrogen (secondary N) is 1. The molecule has 1 amide bonds. The molecule has 2 fully saturated rings. The van der Waals surface area contributed by atoms with E-state index in [0.717, 1.165) is 44.1 Å². The summed E-state index contributed by atoms with van der Waals surface area (Å²) in [6, 6.07) is 2.14. The molecule has 1 N–H and O–H groups in total. The van der Waals surface area contributed by atoms with E-state index in [9.17, 15) is 9.59 Å². The van der Waals surface area contributed by atoms with Crippen molar-refractivity contribution in [3.8, 4) is 0 Å². The molecule has 0 atom stereocenters. The maximum atomic E-state index is 12.4. The van der Waals surface area contributed by atoms with Gasteiger partial charge in [-0.1, -0.05) is 0 Å². The summed E-state index contributed by atoms with van der Waals surface area (Å²) in [5, 5.41) is 5.50. The van der Waals surface area contributed by atoms with Crippen LogP contribution in [0.4, 0.5) is 0 Å². The average Bonchev–Trinajstić information content (AvgIpc) is 3.35. The highest BCUT2D eigenvalue weighted by molar-refractivity contribution is 7.99. The minimum absolute atomic E-state index is 0.0565. The number of thioether (sulfide) groups is 1. The van der Waals surface area contributed by atoms with Gasteiger partial charge in [0.25, 0.3) is 5.56 Å². The Kier molecular flexibility index (Phi) is 5.61. The normalized spacial score (nSPS) is 18.5. The van der Waals surface area contributed by atoms with Gasteiger partial charge in [-0.3, -0.25) is 14.0 Å². The molecule has 4 rings (SSSR count). The van der Waals surface area contributed by atoms with E-state index in [4.69, 9.17) is 0 Å². The number of thiazole rings is 1. The fraction of sp³-hybridized carbons (Fsp3) is 0.611. The van der Waals surface area contributed by atoms with Gasteiger partial charge < -0.3 is 10.2 Å². The quantitative estimate of drug-likeness (QED) is 0.780. The molecule has 6 nitrogen and oxygen atoms in total. The van der Waals surface area contributed by atoms with Crippen LogP contribution in [-0.2, 0) is 10.5 Å². The van der Waals surface area contributed by atoms with Crippen LogP contribution in [0, 0.1) is 5.92 Å². The molecule has 8 heteroatoms. The van der Waals surface area contributed by atoms with Gasteiger partial charge in [0.15, 0.2) is 4.96 Å². The van der Waals surface area contributed by atoms with Crippen molar-refractivity contribution in [3.63, 3.8) is 0 Å². The molecule has 2 aliphatic rings. The predicted molar refractivity (Wildman–Crippen MR) is 106 cm³/mol. The third-order valence-electron chi connectivity index (χ3n) is 5.07. The zero-order valence-electron chi connectivity index (χ0n) is 14.7. The van der Waals surface area contributed by atoms with E-state index >= 15 is 0 Å². The van der Waals surface area contributed by atoms with Crippen LogP contribution < -0.4 is 10.9 Å². The number of carbonyl (C=O) groups is 1. The molecule has 0 bridgehead atoms. The molecular formula is C18H24N4O2S2. The second-order valence-electron chi connectivity index (χ2n) is 7.14. The minimum Gasteiger partial charge on any atom is -0.342 e. The van der Waals surface area contributed by atoms with Crippen molar-refractivity contribution in [2.24, 2.45) is 5.92 Å². The third-order valence-corrected chi connectivity index (χ3v) is 6.78. The molecule has 0 aromatic carbocycles. The van der Waals surface area contributed by atoms with Crippen molar-refractivity contribution in [1.29, 1.82) is 0 Å². The molecule has 0 unspecified atom stereocenters. The van der Waals surface area contributed by atoms with Crippen LogP contribution in [0.25, 0.3) is 4.96 Å². The Labute approximate surface area is 161 Å². The number of hydrogen-bond acceptors (Lipinski definition) is 6. The highest BCUT2D eigenvalue weighted by atomic mass is 32.2. The standard InChI is InChI=1S/C18H24N4O2S2/c23-16-9-15(20-18-22(16)7-8-26-18)11-25-12-17(24)21-5-3-14(4-6-21)19-10-13-1-2-13/h7-9,13-14,19H,1-6,10-12H2. The number of rotatable bonds is 7. The van der Waals surface area contributed by atoms with Gasteiger partial charge >= 0.3 is 0 Å². The molecule has 3 heterocycles. The smallest absolute Gasteiger partial charge is 0.258 e. The lowest BCUT2D eigenvalue weighted by atomic mass is 10.0. The molecular weight excluding hydrogens is 368 g/mol. The lowest BCUT2D eigenvalue weighted by Gasteiger charge is -2.32. The van der Waals surface area contributed by atoms with Crippen molar-refractivity contribution >= 4 is 34.0 Å². The summed E-state index contributed by atoms with van der Waals surface area (Å²) in [5.41, 5.74) is 0.692. The van der Waals surface area contributed by atoms with Crippen molar-refractivity contribution in [1.82, 2.24) is 19.6 Å². The van der Waals surface area contributed by atoms with Gasteiger partial charge in [0.05, 0.1) is 11.4 Å². The highest BCUT2D eigenvalue weighted by Gasteiger charge is 2.25. The Morgan fingerprint density at radius 1 is 1.31 bits per heavy atom. The van der Waals surface area contributed by atoms with Gasteiger partial charge in [-0.05, 0) is 38.1 Å². The Morgan fingerprint density at radius 2 is 2.12 bits per heavy atom. The Morgan fingerprint density at radius 3 is 2.88 bits per heavy atom. The maximum absolute atomic E-state index is 12.4. The predicted octanol–water partition coefficient (Wildman–Crippen LogP) is 1.98. The van der Waals surface area contributed by atoms with Crippen molar-refractivity contribution in [2.75, 3.05) is 25.4 Å². The van der Waals surface area contributed by atoms with E-state index in [1.807, 2.05) is 10.3 Å². The summed E-state index contributed by atoms with van der Waals surface area (Å²) in [4.78, 5) is 31.6. The number of piperidine rings is 1. The van der Waals surface area contributed by atoms with Gasteiger partial charge in [-0.15, -0.1) is 23.1 Å². The third kappa shape index (κ3) is 4.47. The van der Waals surface area contributed by atoms with Gasteiger partial charge in [0.1, 0.15) is 0 Å². The van der Waals surface area contributed by atoms with Crippen LogP contribution in [0.1, 0.15) is 31.4 Å². The first kappa shape index (κ1) is 18.0. The zero-order valence-corrected chi connectivity index (χ0v) is 16.4. The number of fused-ring (bicyclic) bond motifs is 1. The van der Waals surface area contributed by atoms with Gasteiger partial charge in [0, 0.05) is 42.5 Å². The lowest BCUT2D eigenvalue weighted by molar-refractivity contribution is -0.129. The summed E-state index contributed by atoms with van der Waals surface area (Å²) in [6.07, 6.45) is 6.59.